The van der Waals surface area contributed by atoms with Crippen LogP contribution in [0.2, 0.25) is 5.02 Å². The molecule has 0 saturated carbocycles. The van der Waals surface area contributed by atoms with Gasteiger partial charge < -0.3 is 9.64 Å². The number of rotatable bonds is 5. The molecule has 146 valence electrons. The number of anilines is 1. The van der Waals surface area contributed by atoms with E-state index in [9.17, 15) is 13.2 Å². The second-order valence-corrected chi connectivity index (χ2v) is 8.45. The van der Waals surface area contributed by atoms with Crippen LogP contribution in [0.15, 0.2) is 53.4 Å². The highest BCUT2D eigenvalue weighted by Crippen LogP contribution is 2.25. The van der Waals surface area contributed by atoms with Gasteiger partial charge in [-0.2, -0.15) is 9.57 Å². The molecule has 9 heteroatoms. The Morgan fingerprint density at radius 3 is 2.43 bits per heavy atom. The minimum atomic E-state index is -3.79. The molecule has 2 aromatic carbocycles. The number of benzene rings is 2. The Kier molecular flexibility index (Phi) is 6.19. The molecule has 1 aliphatic heterocycles. The zero-order valence-corrected chi connectivity index (χ0v) is 16.5. The van der Waals surface area contributed by atoms with Gasteiger partial charge in [0, 0.05) is 31.9 Å². The van der Waals surface area contributed by atoms with Crippen molar-refractivity contribution in [3.63, 3.8) is 0 Å². The zero-order chi connectivity index (χ0) is 20.1. The van der Waals surface area contributed by atoms with Crippen molar-refractivity contribution in [1.29, 1.82) is 5.26 Å². The summed E-state index contributed by atoms with van der Waals surface area (Å²) in [4.78, 5) is 14.1. The van der Waals surface area contributed by atoms with E-state index in [-0.39, 0.29) is 15.5 Å². The van der Waals surface area contributed by atoms with Crippen LogP contribution in [-0.2, 0) is 14.8 Å². The monoisotopic (exact) mass is 419 g/mol. The Bertz CT molecular complexity index is 998. The van der Waals surface area contributed by atoms with Crippen LogP contribution < -0.4 is 4.90 Å². The summed E-state index contributed by atoms with van der Waals surface area (Å²) in [5, 5.41) is 8.59. The van der Waals surface area contributed by atoms with Crippen molar-refractivity contribution in [2.75, 3.05) is 37.7 Å². The molecule has 0 unspecified atom stereocenters. The molecular weight excluding hydrogens is 402 g/mol. The largest absolute Gasteiger partial charge is 0.447 e. The van der Waals surface area contributed by atoms with Gasteiger partial charge in [0.15, 0.2) is 6.61 Å². The quantitative estimate of drug-likeness (QED) is 0.691. The Morgan fingerprint density at radius 1 is 1.11 bits per heavy atom. The van der Waals surface area contributed by atoms with E-state index < -0.39 is 22.6 Å². The molecule has 7 nitrogen and oxygen atoms in total. The average molecular weight is 420 g/mol. The smallest absolute Gasteiger partial charge is 0.340 e. The maximum absolute atomic E-state index is 13.0. The van der Waals surface area contributed by atoms with E-state index >= 15 is 0 Å². The summed E-state index contributed by atoms with van der Waals surface area (Å²) >= 11 is 5.99. The van der Waals surface area contributed by atoms with Gasteiger partial charge in [-0.15, -0.1) is 0 Å². The lowest BCUT2D eigenvalue weighted by molar-refractivity contribution is 0.0555. The lowest BCUT2D eigenvalue weighted by atomic mass is 10.2. The van der Waals surface area contributed by atoms with Crippen LogP contribution in [0.4, 0.5) is 5.69 Å². The summed E-state index contributed by atoms with van der Waals surface area (Å²) in [5.74, 6) is -0.836. The fourth-order valence-corrected chi connectivity index (χ4v) is 4.62. The van der Waals surface area contributed by atoms with Crippen LogP contribution in [0, 0.1) is 11.3 Å². The van der Waals surface area contributed by atoms with Crippen LogP contribution >= 0.6 is 11.6 Å². The third-order valence-electron chi connectivity index (χ3n) is 4.42. The molecule has 28 heavy (non-hydrogen) atoms. The van der Waals surface area contributed by atoms with E-state index in [1.807, 2.05) is 30.3 Å². The number of para-hydroxylation sites is 1. The predicted molar refractivity (Wildman–Crippen MR) is 105 cm³/mol. The molecule has 1 aliphatic rings. The predicted octanol–water partition coefficient (Wildman–Crippen LogP) is 2.53. The molecule has 0 radical (unpaired) electrons. The number of sulfonamides is 1. The van der Waals surface area contributed by atoms with Crippen LogP contribution in [0.5, 0.6) is 0 Å². The number of carbonyl (C=O) groups is 1. The van der Waals surface area contributed by atoms with Crippen LogP contribution in [-0.4, -0.2) is 51.5 Å². The van der Waals surface area contributed by atoms with Gasteiger partial charge in [-0.3, -0.25) is 0 Å². The lowest BCUT2D eigenvalue weighted by Gasteiger charge is -2.35. The van der Waals surface area contributed by atoms with Gasteiger partial charge in [-0.1, -0.05) is 29.8 Å². The molecule has 1 heterocycles. The standard InChI is InChI=1S/C19H18ClN3O4S/c20-18-7-6-16(14-17(18)19(24)27-13-8-21)28(25,26)23-11-9-22(10-12-23)15-4-2-1-3-5-15/h1-7,14H,9-13H2. The molecule has 1 fully saturated rings. The fraction of sp³-hybridized carbons (Fsp3) is 0.263. The van der Waals surface area contributed by atoms with Crippen molar-refractivity contribution in [3.8, 4) is 6.07 Å². The summed E-state index contributed by atoms with van der Waals surface area (Å²) in [5.41, 5.74) is 0.967. The molecule has 0 atom stereocenters. The number of hydrogen-bond donors (Lipinski definition) is 0. The average Bonchev–Trinajstić information content (AvgIpc) is 2.73. The molecule has 0 bridgehead atoms. The van der Waals surface area contributed by atoms with Crippen molar-refractivity contribution in [2.45, 2.75) is 4.90 Å². The Hall–Kier alpha value is -2.60. The number of piperazine rings is 1. The number of carbonyl (C=O) groups excluding carboxylic acids is 1. The molecule has 0 amide bonds. The van der Waals surface area contributed by atoms with E-state index in [1.54, 1.807) is 6.07 Å². The first-order chi connectivity index (χ1) is 13.4. The summed E-state index contributed by atoms with van der Waals surface area (Å²) < 4.78 is 32.1. The first-order valence-electron chi connectivity index (χ1n) is 8.57. The van der Waals surface area contributed by atoms with Gasteiger partial charge in [0.1, 0.15) is 6.07 Å². The summed E-state index contributed by atoms with van der Waals surface area (Å²) in [6.07, 6.45) is 0. The van der Waals surface area contributed by atoms with Crippen molar-refractivity contribution >= 4 is 33.3 Å². The number of esters is 1. The maximum atomic E-state index is 13.0. The van der Waals surface area contributed by atoms with Crippen molar-refractivity contribution in [3.05, 3.63) is 59.1 Å². The fourth-order valence-electron chi connectivity index (χ4n) is 2.97. The van der Waals surface area contributed by atoms with E-state index in [4.69, 9.17) is 21.6 Å². The summed E-state index contributed by atoms with van der Waals surface area (Å²) in [7, 11) is -3.79. The van der Waals surface area contributed by atoms with Crippen LogP contribution in [0.3, 0.4) is 0 Å². The number of hydrogen-bond acceptors (Lipinski definition) is 6. The highest BCUT2D eigenvalue weighted by molar-refractivity contribution is 7.89. The van der Waals surface area contributed by atoms with E-state index in [0.717, 1.165) is 5.69 Å². The summed E-state index contributed by atoms with van der Waals surface area (Å²) in [6, 6.07) is 15.4. The molecule has 0 aromatic heterocycles. The first-order valence-corrected chi connectivity index (χ1v) is 10.4. The van der Waals surface area contributed by atoms with Gasteiger partial charge in [0.25, 0.3) is 0 Å². The number of ether oxygens (including phenoxy) is 1. The van der Waals surface area contributed by atoms with E-state index in [1.165, 1.54) is 22.5 Å². The molecule has 0 spiro atoms. The molecule has 1 saturated heterocycles. The van der Waals surface area contributed by atoms with Crippen LogP contribution in [0.25, 0.3) is 0 Å². The zero-order valence-electron chi connectivity index (χ0n) is 14.9. The Labute approximate surface area is 168 Å². The Morgan fingerprint density at radius 2 is 1.79 bits per heavy atom. The molecule has 2 aromatic rings. The minimum Gasteiger partial charge on any atom is -0.447 e. The third-order valence-corrected chi connectivity index (χ3v) is 6.65. The van der Waals surface area contributed by atoms with Gasteiger partial charge in [0.05, 0.1) is 15.5 Å². The van der Waals surface area contributed by atoms with E-state index in [2.05, 4.69) is 4.90 Å². The summed E-state index contributed by atoms with van der Waals surface area (Å²) in [6.45, 7) is 1.34. The number of halogens is 1. The van der Waals surface area contributed by atoms with Gasteiger partial charge >= 0.3 is 5.97 Å². The van der Waals surface area contributed by atoms with Crippen LogP contribution in [0.1, 0.15) is 10.4 Å². The molecule has 0 N–H and O–H groups in total. The topological polar surface area (TPSA) is 90.7 Å². The van der Waals surface area contributed by atoms with Crippen molar-refractivity contribution < 1.29 is 17.9 Å². The molecular formula is C19H18ClN3O4S. The van der Waals surface area contributed by atoms with Gasteiger partial charge in [-0.25, -0.2) is 13.2 Å². The highest BCUT2D eigenvalue weighted by atomic mass is 35.5. The van der Waals surface area contributed by atoms with Crippen molar-refractivity contribution in [1.82, 2.24) is 4.31 Å². The minimum absolute atomic E-state index is 0.0334. The first kappa shape index (κ1) is 20.1. The SMILES string of the molecule is N#CCOC(=O)c1cc(S(=O)(=O)N2CCN(c3ccccc3)CC2)ccc1Cl. The highest BCUT2D eigenvalue weighted by Gasteiger charge is 2.29. The van der Waals surface area contributed by atoms with Crippen molar-refractivity contribution in [2.24, 2.45) is 0 Å². The Balaban J connectivity index is 1.76. The second kappa shape index (κ2) is 8.61. The number of nitrogens with zero attached hydrogens (tertiary/aromatic N) is 3. The molecule has 3 rings (SSSR count). The third kappa shape index (κ3) is 4.28. The second-order valence-electron chi connectivity index (χ2n) is 6.10. The van der Waals surface area contributed by atoms with Gasteiger partial charge in [-0.05, 0) is 30.3 Å². The number of nitriles is 1. The van der Waals surface area contributed by atoms with E-state index in [0.29, 0.717) is 26.2 Å². The maximum Gasteiger partial charge on any atom is 0.340 e. The molecule has 0 aliphatic carbocycles. The lowest BCUT2D eigenvalue weighted by Crippen LogP contribution is -2.48. The van der Waals surface area contributed by atoms with Gasteiger partial charge in [0.2, 0.25) is 10.0 Å². The normalized spacial score (nSPS) is 15.1.